The van der Waals surface area contributed by atoms with Crippen LogP contribution < -0.4 is 5.73 Å². The predicted octanol–water partition coefficient (Wildman–Crippen LogP) is 1.20. The zero-order valence-corrected chi connectivity index (χ0v) is 11.7. The molecule has 100 valence electrons. The molecule has 0 bridgehead atoms. The van der Waals surface area contributed by atoms with Gasteiger partial charge in [-0.1, -0.05) is 12.1 Å². The molecule has 1 aromatic rings. The summed E-state index contributed by atoms with van der Waals surface area (Å²) in [4.78, 5) is 2.12. The molecule has 0 aromatic heterocycles. The van der Waals surface area contributed by atoms with E-state index in [1.54, 1.807) is 0 Å². The maximum Gasteiger partial charge on any atom is 0.151 e. The normalized spacial score (nSPS) is 22.5. The number of aryl methyl sites for hydroxylation is 1. The fourth-order valence-corrected chi connectivity index (χ4v) is 4.18. The Kier molecular flexibility index (Phi) is 3.64. The van der Waals surface area contributed by atoms with Gasteiger partial charge in [-0.25, -0.2) is 8.42 Å². The summed E-state index contributed by atoms with van der Waals surface area (Å²) in [7, 11) is -0.826. The summed E-state index contributed by atoms with van der Waals surface area (Å²) in [5.74, 6) is 0.611. The number of nitrogen functional groups attached to an aromatic ring is 1. The average Bonchev–Trinajstić information content (AvgIpc) is 2.64. The minimum atomic E-state index is -2.81. The van der Waals surface area contributed by atoms with Crippen LogP contribution in [0.5, 0.6) is 0 Å². The van der Waals surface area contributed by atoms with E-state index < -0.39 is 9.84 Å². The van der Waals surface area contributed by atoms with E-state index >= 15 is 0 Å². The Labute approximate surface area is 109 Å². The molecule has 1 aromatic carbocycles. The molecule has 1 fully saturated rings. The van der Waals surface area contributed by atoms with Gasteiger partial charge in [-0.05, 0) is 37.6 Å². The third-order valence-corrected chi connectivity index (χ3v) is 5.35. The average molecular weight is 268 g/mol. The van der Waals surface area contributed by atoms with Gasteiger partial charge in [-0.15, -0.1) is 0 Å². The molecule has 2 rings (SSSR count). The van der Waals surface area contributed by atoms with Crippen LogP contribution in [0.4, 0.5) is 5.69 Å². The highest BCUT2D eigenvalue weighted by molar-refractivity contribution is 7.91. The maximum absolute atomic E-state index is 11.5. The lowest BCUT2D eigenvalue weighted by molar-refractivity contribution is 0.254. The molecule has 1 atom stereocenters. The maximum atomic E-state index is 11.5. The summed E-state index contributed by atoms with van der Waals surface area (Å²) in [6, 6.07) is 6.12. The molecular formula is C13H20N2O2S. The number of nitrogens with zero attached hydrogens (tertiary/aromatic N) is 1. The lowest BCUT2D eigenvalue weighted by atomic mass is 10.1. The lowest BCUT2D eigenvalue weighted by Crippen LogP contribution is -2.32. The first-order chi connectivity index (χ1) is 8.37. The highest BCUT2D eigenvalue weighted by atomic mass is 32.2. The number of nitrogens with two attached hydrogens (primary N) is 1. The van der Waals surface area contributed by atoms with Gasteiger partial charge in [-0.3, -0.25) is 4.90 Å². The molecule has 0 spiro atoms. The SMILES string of the molecule is Cc1cc(CN(C)C2CCS(=O)(=O)C2)ccc1N. The summed E-state index contributed by atoms with van der Waals surface area (Å²) in [6.07, 6.45) is 0.743. The monoisotopic (exact) mass is 268 g/mol. The highest BCUT2D eigenvalue weighted by Gasteiger charge is 2.30. The lowest BCUT2D eigenvalue weighted by Gasteiger charge is -2.23. The summed E-state index contributed by atoms with van der Waals surface area (Å²) in [5, 5.41) is 0. The molecule has 1 unspecified atom stereocenters. The molecule has 0 amide bonds. The van der Waals surface area contributed by atoms with Gasteiger partial charge in [0.25, 0.3) is 0 Å². The topological polar surface area (TPSA) is 63.4 Å². The second-order valence-corrected chi connectivity index (χ2v) is 7.39. The zero-order chi connectivity index (χ0) is 13.3. The van der Waals surface area contributed by atoms with Crippen molar-refractivity contribution in [3.63, 3.8) is 0 Å². The van der Waals surface area contributed by atoms with Crippen LogP contribution in [0.2, 0.25) is 0 Å². The van der Waals surface area contributed by atoms with Crippen LogP contribution >= 0.6 is 0 Å². The molecule has 2 N–H and O–H groups in total. The number of hydrogen-bond acceptors (Lipinski definition) is 4. The summed E-state index contributed by atoms with van der Waals surface area (Å²) >= 11 is 0. The Bertz CT molecular complexity index is 540. The first kappa shape index (κ1) is 13.4. The molecule has 0 aliphatic carbocycles. The molecular weight excluding hydrogens is 248 g/mol. The molecule has 1 aliphatic rings. The third-order valence-electron chi connectivity index (χ3n) is 3.60. The number of benzene rings is 1. The molecule has 18 heavy (non-hydrogen) atoms. The van der Waals surface area contributed by atoms with E-state index in [1.807, 2.05) is 26.1 Å². The summed E-state index contributed by atoms with van der Waals surface area (Å²) in [6.45, 7) is 2.75. The van der Waals surface area contributed by atoms with Crippen LogP contribution in [-0.2, 0) is 16.4 Å². The van der Waals surface area contributed by atoms with Crippen molar-refractivity contribution >= 4 is 15.5 Å². The Balaban J connectivity index is 2.03. The standard InChI is InChI=1S/C13H20N2O2S/c1-10-7-11(3-4-13(10)14)8-15(2)12-5-6-18(16,17)9-12/h3-4,7,12H,5-6,8-9,14H2,1-2H3. The van der Waals surface area contributed by atoms with Gasteiger partial charge in [0.05, 0.1) is 11.5 Å². The molecule has 1 heterocycles. The predicted molar refractivity (Wildman–Crippen MR) is 74.1 cm³/mol. The molecule has 4 nitrogen and oxygen atoms in total. The van der Waals surface area contributed by atoms with Crippen LogP contribution in [0, 0.1) is 6.92 Å². The fraction of sp³-hybridized carbons (Fsp3) is 0.538. The highest BCUT2D eigenvalue weighted by Crippen LogP contribution is 2.20. The van der Waals surface area contributed by atoms with E-state index in [4.69, 9.17) is 5.73 Å². The van der Waals surface area contributed by atoms with Crippen molar-refractivity contribution in [1.82, 2.24) is 4.90 Å². The minimum absolute atomic E-state index is 0.146. The Hall–Kier alpha value is -1.07. The quantitative estimate of drug-likeness (QED) is 0.837. The van der Waals surface area contributed by atoms with Crippen LogP contribution in [0.1, 0.15) is 17.5 Å². The van der Waals surface area contributed by atoms with E-state index in [2.05, 4.69) is 11.0 Å². The van der Waals surface area contributed by atoms with Crippen LogP contribution in [-0.4, -0.2) is 37.9 Å². The van der Waals surface area contributed by atoms with Gasteiger partial charge in [0.2, 0.25) is 0 Å². The molecule has 5 heteroatoms. The number of rotatable bonds is 3. The second kappa shape index (κ2) is 4.90. The van der Waals surface area contributed by atoms with Gasteiger partial charge >= 0.3 is 0 Å². The fourth-order valence-electron chi connectivity index (χ4n) is 2.38. The first-order valence-electron chi connectivity index (χ1n) is 6.13. The molecule has 0 saturated carbocycles. The van der Waals surface area contributed by atoms with Crippen LogP contribution in [0.15, 0.2) is 18.2 Å². The second-order valence-electron chi connectivity index (χ2n) is 5.16. The van der Waals surface area contributed by atoms with Gasteiger partial charge in [0.1, 0.15) is 0 Å². The van der Waals surface area contributed by atoms with Gasteiger partial charge in [0.15, 0.2) is 9.84 Å². The minimum Gasteiger partial charge on any atom is -0.399 e. The van der Waals surface area contributed by atoms with E-state index in [0.717, 1.165) is 24.2 Å². The third kappa shape index (κ3) is 3.03. The van der Waals surface area contributed by atoms with Crippen molar-refractivity contribution in [1.29, 1.82) is 0 Å². The number of hydrogen-bond donors (Lipinski definition) is 1. The smallest absolute Gasteiger partial charge is 0.151 e. The molecule has 1 saturated heterocycles. The van der Waals surface area contributed by atoms with Crippen molar-refractivity contribution in [3.05, 3.63) is 29.3 Å². The summed E-state index contributed by atoms with van der Waals surface area (Å²) < 4.78 is 22.9. The zero-order valence-electron chi connectivity index (χ0n) is 10.9. The van der Waals surface area contributed by atoms with E-state index in [1.165, 1.54) is 5.56 Å². The Morgan fingerprint density at radius 1 is 1.44 bits per heavy atom. The number of sulfone groups is 1. The number of anilines is 1. The van der Waals surface area contributed by atoms with E-state index in [-0.39, 0.29) is 11.8 Å². The Morgan fingerprint density at radius 3 is 2.72 bits per heavy atom. The molecule has 1 aliphatic heterocycles. The Morgan fingerprint density at radius 2 is 2.17 bits per heavy atom. The van der Waals surface area contributed by atoms with Gasteiger partial charge < -0.3 is 5.73 Å². The largest absolute Gasteiger partial charge is 0.399 e. The molecule has 0 radical (unpaired) electrons. The summed E-state index contributed by atoms with van der Waals surface area (Å²) in [5.41, 5.74) is 8.82. The first-order valence-corrected chi connectivity index (χ1v) is 7.95. The van der Waals surface area contributed by atoms with E-state index in [0.29, 0.717) is 5.75 Å². The van der Waals surface area contributed by atoms with Gasteiger partial charge in [-0.2, -0.15) is 0 Å². The van der Waals surface area contributed by atoms with Crippen molar-refractivity contribution in [3.8, 4) is 0 Å². The van der Waals surface area contributed by atoms with Crippen molar-refractivity contribution in [2.75, 3.05) is 24.3 Å². The van der Waals surface area contributed by atoms with Crippen LogP contribution in [0.25, 0.3) is 0 Å². The van der Waals surface area contributed by atoms with Crippen molar-refractivity contribution < 1.29 is 8.42 Å². The van der Waals surface area contributed by atoms with Crippen molar-refractivity contribution in [2.24, 2.45) is 0 Å². The van der Waals surface area contributed by atoms with Crippen molar-refractivity contribution in [2.45, 2.75) is 25.9 Å². The van der Waals surface area contributed by atoms with E-state index in [9.17, 15) is 8.42 Å². The van der Waals surface area contributed by atoms with Crippen LogP contribution in [0.3, 0.4) is 0 Å². The van der Waals surface area contributed by atoms with Gasteiger partial charge in [0, 0.05) is 18.3 Å².